The molecule has 0 radical (unpaired) electrons. The maximum Gasteiger partial charge on any atom is 0.274 e. The first-order valence-corrected chi connectivity index (χ1v) is 8.21. The van der Waals surface area contributed by atoms with Crippen LogP contribution in [0, 0.1) is 6.92 Å². The average Bonchev–Trinajstić information content (AvgIpc) is 2.83. The molecule has 2 heterocycles. The molecule has 0 bridgehead atoms. The summed E-state index contributed by atoms with van der Waals surface area (Å²) in [6.45, 7) is 2.40. The van der Waals surface area contributed by atoms with Crippen LogP contribution in [0.2, 0.25) is 5.02 Å². The molecular weight excluding hydrogens is 330 g/mol. The molecule has 0 aliphatic carbocycles. The molecule has 1 aliphatic heterocycles. The van der Waals surface area contributed by atoms with Crippen LogP contribution in [-0.2, 0) is 4.79 Å². The van der Waals surface area contributed by atoms with Gasteiger partial charge in [0.25, 0.3) is 5.91 Å². The summed E-state index contributed by atoms with van der Waals surface area (Å²) in [6, 6.07) is 6.59. The Bertz CT molecular complexity index is 774. The number of hydrogen-bond donors (Lipinski definition) is 2. The zero-order valence-corrected chi connectivity index (χ0v) is 14.0. The minimum Gasteiger partial charge on any atom is -0.354 e. The second kappa shape index (κ2) is 7.00. The van der Waals surface area contributed by atoms with Gasteiger partial charge in [-0.3, -0.25) is 9.59 Å². The third-order valence-corrected chi connectivity index (χ3v) is 4.24. The Hall–Kier alpha value is -2.41. The molecule has 0 saturated carbocycles. The SMILES string of the molecule is Cc1c(C(=O)N[C@H]2CCCCNC2=O)nnn1-c1cccc(Cl)c1. The fourth-order valence-electron chi connectivity index (χ4n) is 2.70. The van der Waals surface area contributed by atoms with Crippen molar-refractivity contribution in [3.05, 3.63) is 40.7 Å². The minimum absolute atomic E-state index is 0.152. The number of nitrogens with one attached hydrogen (secondary N) is 2. The zero-order valence-electron chi connectivity index (χ0n) is 13.3. The van der Waals surface area contributed by atoms with Gasteiger partial charge >= 0.3 is 0 Å². The molecule has 3 rings (SSSR count). The second-order valence-corrected chi connectivity index (χ2v) is 6.16. The van der Waals surface area contributed by atoms with E-state index in [-0.39, 0.29) is 11.6 Å². The van der Waals surface area contributed by atoms with E-state index >= 15 is 0 Å². The molecule has 0 unspecified atom stereocenters. The summed E-state index contributed by atoms with van der Waals surface area (Å²) in [4.78, 5) is 24.4. The summed E-state index contributed by atoms with van der Waals surface area (Å²) in [5, 5.41) is 14.1. The molecule has 1 atom stereocenters. The third-order valence-electron chi connectivity index (χ3n) is 4.00. The number of halogens is 1. The van der Waals surface area contributed by atoms with Gasteiger partial charge in [-0.15, -0.1) is 5.10 Å². The molecule has 1 aliphatic rings. The summed E-state index contributed by atoms with van der Waals surface area (Å²) in [6.07, 6.45) is 2.43. The lowest BCUT2D eigenvalue weighted by atomic mass is 10.1. The summed E-state index contributed by atoms with van der Waals surface area (Å²) in [7, 11) is 0. The van der Waals surface area contributed by atoms with Gasteiger partial charge in [0.2, 0.25) is 5.91 Å². The van der Waals surface area contributed by atoms with Crippen LogP contribution in [0.1, 0.15) is 35.4 Å². The van der Waals surface area contributed by atoms with E-state index in [0.717, 1.165) is 18.5 Å². The summed E-state index contributed by atoms with van der Waals surface area (Å²) >= 11 is 5.99. The van der Waals surface area contributed by atoms with Crippen molar-refractivity contribution >= 4 is 23.4 Å². The maximum absolute atomic E-state index is 12.5. The highest BCUT2D eigenvalue weighted by Gasteiger charge is 2.25. The molecule has 2 N–H and O–H groups in total. The largest absolute Gasteiger partial charge is 0.354 e. The maximum atomic E-state index is 12.5. The quantitative estimate of drug-likeness (QED) is 0.883. The lowest BCUT2D eigenvalue weighted by Crippen LogP contribution is -2.45. The summed E-state index contributed by atoms with van der Waals surface area (Å²) < 4.78 is 1.55. The zero-order chi connectivity index (χ0) is 17.1. The molecule has 0 spiro atoms. The van der Waals surface area contributed by atoms with Gasteiger partial charge in [0, 0.05) is 11.6 Å². The van der Waals surface area contributed by atoms with E-state index in [1.165, 1.54) is 0 Å². The van der Waals surface area contributed by atoms with Crippen molar-refractivity contribution in [2.24, 2.45) is 0 Å². The highest BCUT2D eigenvalue weighted by molar-refractivity contribution is 6.30. The summed E-state index contributed by atoms with van der Waals surface area (Å²) in [5.74, 6) is -0.552. The molecule has 1 aromatic heterocycles. The van der Waals surface area contributed by atoms with Crippen molar-refractivity contribution < 1.29 is 9.59 Å². The van der Waals surface area contributed by atoms with Crippen LogP contribution >= 0.6 is 11.6 Å². The van der Waals surface area contributed by atoms with Crippen LogP contribution in [0.3, 0.4) is 0 Å². The minimum atomic E-state index is -0.532. The average molecular weight is 348 g/mol. The Morgan fingerprint density at radius 1 is 1.42 bits per heavy atom. The van der Waals surface area contributed by atoms with E-state index in [1.807, 2.05) is 6.07 Å². The third kappa shape index (κ3) is 3.41. The van der Waals surface area contributed by atoms with Crippen LogP contribution in [0.15, 0.2) is 24.3 Å². The topological polar surface area (TPSA) is 88.9 Å². The molecule has 1 fully saturated rings. The first kappa shape index (κ1) is 16.4. The van der Waals surface area contributed by atoms with E-state index in [0.29, 0.717) is 23.7 Å². The number of aromatic nitrogens is 3. The first-order chi connectivity index (χ1) is 11.6. The van der Waals surface area contributed by atoms with Crippen molar-refractivity contribution in [3.8, 4) is 5.69 Å². The Kier molecular flexibility index (Phi) is 4.80. The fourth-order valence-corrected chi connectivity index (χ4v) is 2.88. The van der Waals surface area contributed by atoms with Gasteiger partial charge in [-0.2, -0.15) is 0 Å². The monoisotopic (exact) mass is 347 g/mol. The Balaban J connectivity index is 1.80. The van der Waals surface area contributed by atoms with Gasteiger partial charge in [0.15, 0.2) is 5.69 Å². The lowest BCUT2D eigenvalue weighted by Gasteiger charge is -2.14. The molecule has 7 nitrogen and oxygen atoms in total. The predicted octanol–water partition coefficient (Wildman–Crippen LogP) is 1.63. The van der Waals surface area contributed by atoms with Crippen LogP contribution in [0.4, 0.5) is 0 Å². The number of carbonyl (C=O) groups excluding carboxylic acids is 2. The number of amides is 2. The van der Waals surface area contributed by atoms with Gasteiger partial charge in [0.1, 0.15) is 6.04 Å². The van der Waals surface area contributed by atoms with Gasteiger partial charge in [-0.25, -0.2) is 4.68 Å². The van der Waals surface area contributed by atoms with E-state index in [1.54, 1.807) is 29.8 Å². The van der Waals surface area contributed by atoms with E-state index in [4.69, 9.17) is 11.6 Å². The lowest BCUT2D eigenvalue weighted by molar-refractivity contribution is -0.122. The Morgan fingerprint density at radius 3 is 3.04 bits per heavy atom. The van der Waals surface area contributed by atoms with Gasteiger partial charge in [-0.05, 0) is 44.4 Å². The highest BCUT2D eigenvalue weighted by atomic mass is 35.5. The van der Waals surface area contributed by atoms with Crippen LogP contribution < -0.4 is 10.6 Å². The Labute approximate surface area is 144 Å². The smallest absolute Gasteiger partial charge is 0.274 e. The Morgan fingerprint density at radius 2 is 2.25 bits per heavy atom. The van der Waals surface area contributed by atoms with Crippen molar-refractivity contribution in [1.82, 2.24) is 25.6 Å². The number of rotatable bonds is 3. The number of hydrogen-bond acceptors (Lipinski definition) is 4. The second-order valence-electron chi connectivity index (χ2n) is 5.73. The molecule has 8 heteroatoms. The van der Waals surface area contributed by atoms with E-state index in [9.17, 15) is 9.59 Å². The van der Waals surface area contributed by atoms with Crippen LogP contribution in [0.5, 0.6) is 0 Å². The number of benzene rings is 1. The van der Waals surface area contributed by atoms with Crippen molar-refractivity contribution in [2.75, 3.05) is 6.54 Å². The van der Waals surface area contributed by atoms with Gasteiger partial charge in [0.05, 0.1) is 11.4 Å². The van der Waals surface area contributed by atoms with E-state index in [2.05, 4.69) is 20.9 Å². The molecule has 1 aromatic carbocycles. The highest BCUT2D eigenvalue weighted by Crippen LogP contribution is 2.17. The number of nitrogens with zero attached hydrogens (tertiary/aromatic N) is 3. The standard InChI is InChI=1S/C16H18ClN5O2/c1-10-14(16(24)19-13-7-2-3-8-18-15(13)23)20-21-22(10)12-6-4-5-11(17)9-12/h4-6,9,13H,2-3,7-8H2,1H3,(H,18,23)(H,19,24)/t13-/m0/s1. The molecule has 24 heavy (non-hydrogen) atoms. The van der Waals surface area contributed by atoms with Gasteiger partial charge < -0.3 is 10.6 Å². The molecule has 2 amide bonds. The molecular formula is C16H18ClN5O2. The van der Waals surface area contributed by atoms with Crippen molar-refractivity contribution in [2.45, 2.75) is 32.2 Å². The number of carbonyl (C=O) groups is 2. The van der Waals surface area contributed by atoms with Crippen LogP contribution in [-0.4, -0.2) is 39.4 Å². The molecule has 2 aromatic rings. The van der Waals surface area contributed by atoms with Crippen molar-refractivity contribution in [1.29, 1.82) is 0 Å². The fraction of sp³-hybridized carbons (Fsp3) is 0.375. The molecule has 126 valence electrons. The van der Waals surface area contributed by atoms with Crippen molar-refractivity contribution in [3.63, 3.8) is 0 Å². The normalized spacial score (nSPS) is 17.9. The molecule has 1 saturated heterocycles. The predicted molar refractivity (Wildman–Crippen MR) is 89.2 cm³/mol. The summed E-state index contributed by atoms with van der Waals surface area (Å²) in [5.41, 5.74) is 1.51. The van der Waals surface area contributed by atoms with Crippen LogP contribution in [0.25, 0.3) is 5.69 Å². The van der Waals surface area contributed by atoms with Gasteiger partial charge in [-0.1, -0.05) is 22.9 Å². The van der Waals surface area contributed by atoms with E-state index < -0.39 is 11.9 Å². The first-order valence-electron chi connectivity index (χ1n) is 7.83.